The van der Waals surface area contributed by atoms with Gasteiger partial charge in [-0.2, -0.15) is 0 Å². The van der Waals surface area contributed by atoms with Gasteiger partial charge in [-0.05, 0) is 75.3 Å². The second kappa shape index (κ2) is 10.5. The molecule has 1 aromatic carbocycles. The molecular weight excluding hydrogens is 388 g/mol. The van der Waals surface area contributed by atoms with E-state index in [9.17, 15) is 4.79 Å². The molecule has 4 rings (SSSR count). The smallest absolute Gasteiger partial charge is 0.315 e. The van der Waals surface area contributed by atoms with Gasteiger partial charge in [-0.1, -0.05) is 24.6 Å². The molecule has 0 atom stereocenters. The van der Waals surface area contributed by atoms with Crippen molar-refractivity contribution in [2.24, 2.45) is 0 Å². The van der Waals surface area contributed by atoms with Gasteiger partial charge in [0.25, 0.3) is 0 Å². The molecule has 31 heavy (non-hydrogen) atoms. The third-order valence-corrected chi connectivity index (χ3v) is 6.23. The maximum absolute atomic E-state index is 12.4. The number of amides is 2. The average molecular weight is 423 g/mol. The number of hydrogen-bond acceptors (Lipinski definition) is 4. The predicted octanol–water partition coefficient (Wildman–Crippen LogP) is 4.57. The van der Waals surface area contributed by atoms with E-state index in [1.54, 1.807) is 0 Å². The van der Waals surface area contributed by atoms with Crippen molar-refractivity contribution in [1.82, 2.24) is 15.6 Å². The molecule has 0 bridgehead atoms. The van der Waals surface area contributed by atoms with Gasteiger partial charge in [-0.25, -0.2) is 9.78 Å². The van der Waals surface area contributed by atoms with E-state index in [1.165, 1.54) is 19.3 Å². The second-order valence-electron chi connectivity index (χ2n) is 8.75. The van der Waals surface area contributed by atoms with E-state index < -0.39 is 0 Å². The SMILES string of the molecule is Cc1cccc(N2CCC(NC(=O)NCc3cccc(OC4CCCCC4)c3)CC2)n1. The van der Waals surface area contributed by atoms with Crippen LogP contribution >= 0.6 is 0 Å². The first-order chi connectivity index (χ1) is 15.2. The van der Waals surface area contributed by atoms with Crippen molar-refractivity contribution in [1.29, 1.82) is 0 Å². The lowest BCUT2D eigenvalue weighted by molar-refractivity contribution is 0.155. The highest BCUT2D eigenvalue weighted by molar-refractivity contribution is 5.74. The van der Waals surface area contributed by atoms with Crippen molar-refractivity contribution in [3.8, 4) is 5.75 Å². The quantitative estimate of drug-likeness (QED) is 0.716. The fourth-order valence-corrected chi connectivity index (χ4v) is 4.48. The first-order valence-corrected chi connectivity index (χ1v) is 11.6. The predicted molar refractivity (Wildman–Crippen MR) is 124 cm³/mol. The number of anilines is 1. The van der Waals surface area contributed by atoms with Crippen LogP contribution in [-0.2, 0) is 6.54 Å². The molecule has 2 aromatic rings. The van der Waals surface area contributed by atoms with E-state index in [4.69, 9.17) is 4.74 Å². The largest absolute Gasteiger partial charge is 0.490 e. The molecule has 0 unspecified atom stereocenters. The Kier molecular flexibility index (Phi) is 7.28. The molecule has 6 heteroatoms. The average Bonchev–Trinajstić information content (AvgIpc) is 2.79. The maximum Gasteiger partial charge on any atom is 0.315 e. The van der Waals surface area contributed by atoms with Crippen LogP contribution in [0.1, 0.15) is 56.2 Å². The monoisotopic (exact) mass is 422 g/mol. The number of benzene rings is 1. The number of pyridine rings is 1. The Morgan fingerprint density at radius 1 is 1.06 bits per heavy atom. The van der Waals surface area contributed by atoms with E-state index >= 15 is 0 Å². The molecular formula is C25H34N4O2. The number of carbonyl (C=O) groups is 1. The van der Waals surface area contributed by atoms with E-state index in [2.05, 4.69) is 26.6 Å². The minimum Gasteiger partial charge on any atom is -0.490 e. The molecule has 2 amide bonds. The zero-order valence-corrected chi connectivity index (χ0v) is 18.5. The molecule has 1 aliphatic heterocycles. The van der Waals surface area contributed by atoms with Crippen LogP contribution in [0.25, 0.3) is 0 Å². The summed E-state index contributed by atoms with van der Waals surface area (Å²) in [5.41, 5.74) is 2.09. The van der Waals surface area contributed by atoms with Crippen LogP contribution < -0.4 is 20.3 Å². The highest BCUT2D eigenvalue weighted by atomic mass is 16.5. The zero-order valence-electron chi connectivity index (χ0n) is 18.5. The van der Waals surface area contributed by atoms with Gasteiger partial charge >= 0.3 is 6.03 Å². The van der Waals surface area contributed by atoms with Gasteiger partial charge in [0.15, 0.2) is 0 Å². The van der Waals surface area contributed by atoms with Gasteiger partial charge in [0.05, 0.1) is 6.10 Å². The summed E-state index contributed by atoms with van der Waals surface area (Å²) < 4.78 is 6.14. The summed E-state index contributed by atoms with van der Waals surface area (Å²) in [7, 11) is 0. The number of aromatic nitrogens is 1. The van der Waals surface area contributed by atoms with E-state index in [-0.39, 0.29) is 12.1 Å². The molecule has 2 N–H and O–H groups in total. The van der Waals surface area contributed by atoms with Gasteiger partial charge in [0.1, 0.15) is 11.6 Å². The van der Waals surface area contributed by atoms with Gasteiger partial charge in [-0.15, -0.1) is 0 Å². The highest BCUT2D eigenvalue weighted by Crippen LogP contribution is 2.24. The van der Waals surface area contributed by atoms with Gasteiger partial charge in [0, 0.05) is 31.4 Å². The van der Waals surface area contributed by atoms with Crippen LogP contribution in [0, 0.1) is 6.92 Å². The molecule has 0 radical (unpaired) electrons. The fraction of sp³-hybridized carbons (Fsp3) is 0.520. The summed E-state index contributed by atoms with van der Waals surface area (Å²) in [5.74, 6) is 1.93. The normalized spacial score (nSPS) is 17.9. The molecule has 6 nitrogen and oxygen atoms in total. The number of urea groups is 1. The van der Waals surface area contributed by atoms with Gasteiger partial charge < -0.3 is 20.3 Å². The van der Waals surface area contributed by atoms with Crippen molar-refractivity contribution >= 4 is 11.8 Å². The van der Waals surface area contributed by atoms with Crippen LogP contribution in [0.3, 0.4) is 0 Å². The number of nitrogens with zero attached hydrogens (tertiary/aromatic N) is 2. The summed E-state index contributed by atoms with van der Waals surface area (Å²) in [6.07, 6.45) is 8.30. The van der Waals surface area contributed by atoms with Crippen LogP contribution in [-0.4, -0.2) is 36.3 Å². The van der Waals surface area contributed by atoms with Gasteiger partial charge in [-0.3, -0.25) is 0 Å². The lowest BCUT2D eigenvalue weighted by Gasteiger charge is -2.33. The highest BCUT2D eigenvalue weighted by Gasteiger charge is 2.21. The summed E-state index contributed by atoms with van der Waals surface area (Å²) in [6.45, 7) is 4.32. The molecule has 2 fully saturated rings. The third-order valence-electron chi connectivity index (χ3n) is 6.23. The number of hydrogen-bond donors (Lipinski definition) is 2. The van der Waals surface area contributed by atoms with Crippen LogP contribution in [0.4, 0.5) is 10.6 Å². The van der Waals surface area contributed by atoms with E-state index in [1.807, 2.05) is 43.3 Å². The fourth-order valence-electron chi connectivity index (χ4n) is 4.48. The number of ether oxygens (including phenoxy) is 1. The minimum absolute atomic E-state index is 0.106. The van der Waals surface area contributed by atoms with Crippen molar-refractivity contribution in [2.45, 2.75) is 70.6 Å². The Bertz CT molecular complexity index is 858. The van der Waals surface area contributed by atoms with E-state index in [0.717, 1.165) is 61.6 Å². The first-order valence-electron chi connectivity index (χ1n) is 11.6. The van der Waals surface area contributed by atoms with Crippen molar-refractivity contribution in [3.05, 3.63) is 53.7 Å². The lowest BCUT2D eigenvalue weighted by Crippen LogP contribution is -2.48. The lowest BCUT2D eigenvalue weighted by atomic mass is 9.98. The minimum atomic E-state index is -0.106. The summed E-state index contributed by atoms with van der Waals surface area (Å²) in [5, 5.41) is 6.12. The molecule has 2 heterocycles. The standard InChI is InChI=1S/C25H34N4O2/c1-19-7-5-12-24(27-19)29-15-13-21(14-16-29)28-25(30)26-18-20-8-6-11-23(17-20)31-22-9-3-2-4-10-22/h5-8,11-12,17,21-22H,2-4,9-10,13-16,18H2,1H3,(H2,26,28,30). The summed E-state index contributed by atoms with van der Waals surface area (Å²) >= 11 is 0. The Hall–Kier alpha value is -2.76. The molecule has 1 saturated carbocycles. The Labute approximate surface area is 185 Å². The molecule has 166 valence electrons. The number of carbonyl (C=O) groups excluding carboxylic acids is 1. The Balaban J connectivity index is 1.20. The van der Waals surface area contributed by atoms with Crippen molar-refractivity contribution in [2.75, 3.05) is 18.0 Å². The van der Waals surface area contributed by atoms with Crippen LogP contribution in [0.15, 0.2) is 42.5 Å². The second-order valence-corrected chi connectivity index (χ2v) is 8.75. The Morgan fingerprint density at radius 3 is 2.61 bits per heavy atom. The first kappa shape index (κ1) is 21.5. The third kappa shape index (κ3) is 6.36. The molecule has 2 aliphatic rings. The number of piperidine rings is 1. The molecule has 1 aromatic heterocycles. The topological polar surface area (TPSA) is 66.5 Å². The zero-order chi connectivity index (χ0) is 21.5. The Morgan fingerprint density at radius 2 is 1.84 bits per heavy atom. The van der Waals surface area contributed by atoms with Crippen LogP contribution in [0.5, 0.6) is 5.75 Å². The van der Waals surface area contributed by atoms with Crippen molar-refractivity contribution in [3.63, 3.8) is 0 Å². The number of aryl methyl sites for hydroxylation is 1. The number of rotatable bonds is 6. The molecule has 0 spiro atoms. The maximum atomic E-state index is 12.4. The summed E-state index contributed by atoms with van der Waals surface area (Å²) in [4.78, 5) is 19.3. The van der Waals surface area contributed by atoms with Crippen LogP contribution in [0.2, 0.25) is 0 Å². The van der Waals surface area contributed by atoms with Gasteiger partial charge in [0.2, 0.25) is 0 Å². The molecule has 1 saturated heterocycles. The number of nitrogens with one attached hydrogen (secondary N) is 2. The van der Waals surface area contributed by atoms with E-state index in [0.29, 0.717) is 12.6 Å². The van der Waals surface area contributed by atoms with Crippen molar-refractivity contribution < 1.29 is 9.53 Å². The molecule has 1 aliphatic carbocycles. The summed E-state index contributed by atoms with van der Waals surface area (Å²) in [6, 6.07) is 14.3.